The maximum atomic E-state index is 13.0. The van der Waals surface area contributed by atoms with Gasteiger partial charge in [-0.25, -0.2) is 4.79 Å². The quantitative estimate of drug-likeness (QED) is 0.714. The highest BCUT2D eigenvalue weighted by Crippen LogP contribution is 2.40. The van der Waals surface area contributed by atoms with Gasteiger partial charge in [0, 0.05) is 45.0 Å². The molecule has 3 atom stereocenters. The fraction of sp³-hybridized carbons (Fsp3) is 0.560. The summed E-state index contributed by atoms with van der Waals surface area (Å²) < 4.78 is 6.64. The molecule has 8 heteroatoms. The summed E-state index contributed by atoms with van der Waals surface area (Å²) >= 11 is 0. The van der Waals surface area contributed by atoms with Crippen molar-refractivity contribution in [1.29, 1.82) is 0 Å². The van der Waals surface area contributed by atoms with Crippen molar-refractivity contribution < 1.29 is 14.3 Å². The number of aromatic nitrogens is 2. The molecule has 5 rings (SSSR count). The first-order valence-corrected chi connectivity index (χ1v) is 11.9. The van der Waals surface area contributed by atoms with Gasteiger partial charge in [0.15, 0.2) is 0 Å². The van der Waals surface area contributed by atoms with Crippen molar-refractivity contribution in [3.8, 4) is 0 Å². The predicted octanol–water partition coefficient (Wildman–Crippen LogP) is 2.47. The first-order valence-electron chi connectivity index (χ1n) is 11.9. The predicted molar refractivity (Wildman–Crippen MR) is 124 cm³/mol. The number of likely N-dealkylation sites (tertiary alicyclic amines) is 1. The van der Waals surface area contributed by atoms with E-state index in [9.17, 15) is 9.59 Å². The van der Waals surface area contributed by atoms with E-state index < -0.39 is 0 Å². The summed E-state index contributed by atoms with van der Waals surface area (Å²) in [5, 5.41) is 4.21. The van der Waals surface area contributed by atoms with Crippen molar-refractivity contribution in [3.63, 3.8) is 0 Å². The highest BCUT2D eigenvalue weighted by atomic mass is 16.5. The van der Waals surface area contributed by atoms with E-state index >= 15 is 0 Å². The average Bonchev–Trinajstić information content (AvgIpc) is 3.55. The Morgan fingerprint density at radius 3 is 2.39 bits per heavy atom. The van der Waals surface area contributed by atoms with Gasteiger partial charge in [0.1, 0.15) is 0 Å². The molecule has 1 saturated carbocycles. The number of benzene rings is 1. The van der Waals surface area contributed by atoms with Crippen LogP contribution in [-0.4, -0.2) is 88.9 Å². The molecule has 176 valence electrons. The molecule has 1 aromatic carbocycles. The number of amides is 2. The van der Waals surface area contributed by atoms with Gasteiger partial charge in [-0.1, -0.05) is 29.8 Å². The molecule has 0 spiro atoms. The number of carbonyl (C=O) groups excluding carboxylic acids is 2. The Labute approximate surface area is 195 Å². The summed E-state index contributed by atoms with van der Waals surface area (Å²) in [7, 11) is 2.21. The molecule has 1 aliphatic carbocycles. The summed E-state index contributed by atoms with van der Waals surface area (Å²) in [6.07, 6.45) is 5.32. The molecular weight excluding hydrogens is 418 g/mol. The van der Waals surface area contributed by atoms with Crippen molar-refractivity contribution in [3.05, 3.63) is 53.3 Å². The van der Waals surface area contributed by atoms with Gasteiger partial charge in [0.05, 0.1) is 25.0 Å². The smallest absolute Gasteiger partial charge is 0.344 e. The van der Waals surface area contributed by atoms with Crippen LogP contribution in [0.3, 0.4) is 0 Å². The van der Waals surface area contributed by atoms with E-state index in [1.165, 1.54) is 22.0 Å². The van der Waals surface area contributed by atoms with E-state index in [1.54, 1.807) is 11.1 Å². The Balaban J connectivity index is 1.15. The molecule has 2 saturated heterocycles. The summed E-state index contributed by atoms with van der Waals surface area (Å²) in [4.78, 5) is 31.8. The number of aryl methyl sites for hydroxylation is 1. The van der Waals surface area contributed by atoms with Crippen molar-refractivity contribution >= 4 is 11.9 Å². The molecule has 0 unspecified atom stereocenters. The molecule has 3 aliphatic rings. The van der Waals surface area contributed by atoms with Gasteiger partial charge in [-0.2, -0.15) is 9.78 Å². The summed E-state index contributed by atoms with van der Waals surface area (Å²) in [6.45, 7) is 6.87. The van der Waals surface area contributed by atoms with Crippen molar-refractivity contribution in [1.82, 2.24) is 24.5 Å². The Kier molecular flexibility index (Phi) is 6.21. The second-order valence-corrected chi connectivity index (χ2v) is 9.81. The number of hydrogen-bond acceptors (Lipinski definition) is 5. The van der Waals surface area contributed by atoms with Gasteiger partial charge in [-0.05, 0) is 44.2 Å². The third-order valence-electron chi connectivity index (χ3n) is 7.50. The van der Waals surface area contributed by atoms with E-state index in [0.717, 1.165) is 32.5 Å². The van der Waals surface area contributed by atoms with E-state index in [0.29, 0.717) is 49.7 Å². The number of carbonyl (C=O) groups is 2. The molecule has 2 aromatic rings. The minimum absolute atomic E-state index is 0.0879. The second-order valence-electron chi connectivity index (χ2n) is 9.81. The van der Waals surface area contributed by atoms with Crippen molar-refractivity contribution in [2.45, 2.75) is 32.4 Å². The summed E-state index contributed by atoms with van der Waals surface area (Å²) in [5.41, 5.74) is 3.09. The minimum Gasteiger partial charge on any atom is -0.378 e. The van der Waals surface area contributed by atoms with Crippen LogP contribution in [0.15, 0.2) is 36.7 Å². The van der Waals surface area contributed by atoms with Crippen LogP contribution in [0, 0.1) is 18.8 Å². The molecule has 1 aromatic heterocycles. The van der Waals surface area contributed by atoms with E-state index in [1.807, 2.05) is 4.90 Å². The molecule has 0 radical (unpaired) electrons. The molecule has 0 N–H and O–H groups in total. The molecule has 3 heterocycles. The zero-order valence-electron chi connectivity index (χ0n) is 19.5. The van der Waals surface area contributed by atoms with Crippen LogP contribution in [0.5, 0.6) is 0 Å². The molecule has 2 amide bonds. The topological polar surface area (TPSA) is 70.9 Å². The zero-order chi connectivity index (χ0) is 22.9. The Morgan fingerprint density at radius 1 is 1.06 bits per heavy atom. The minimum atomic E-state index is -0.130. The lowest BCUT2D eigenvalue weighted by atomic mass is 10.0. The van der Waals surface area contributed by atoms with E-state index in [-0.39, 0.29) is 11.9 Å². The number of nitrogens with zero attached hydrogens (tertiary/aromatic N) is 5. The van der Waals surface area contributed by atoms with Crippen molar-refractivity contribution in [2.75, 3.05) is 46.4 Å². The summed E-state index contributed by atoms with van der Waals surface area (Å²) in [6, 6.07) is 9.20. The SMILES string of the molecule is Cc1ccc(CN(C)[C@@H]2C[C@@H]3CN(C(=O)n4cc(C(=O)N5CCOCC5)cn4)C[C@@H]3C2)cc1. The van der Waals surface area contributed by atoms with E-state index in [4.69, 9.17) is 4.74 Å². The Bertz CT molecular complexity index is 984. The number of fused-ring (bicyclic) bond motifs is 1. The second kappa shape index (κ2) is 9.27. The third kappa shape index (κ3) is 4.68. The van der Waals surface area contributed by atoms with Gasteiger partial charge in [0.25, 0.3) is 5.91 Å². The molecule has 0 bridgehead atoms. The van der Waals surface area contributed by atoms with Gasteiger partial charge < -0.3 is 14.5 Å². The fourth-order valence-electron chi connectivity index (χ4n) is 5.53. The van der Waals surface area contributed by atoms with Gasteiger partial charge in [-0.3, -0.25) is 9.69 Å². The number of hydrogen-bond donors (Lipinski definition) is 0. The van der Waals surface area contributed by atoms with Crippen LogP contribution in [0.25, 0.3) is 0 Å². The van der Waals surface area contributed by atoms with Gasteiger partial charge in [-0.15, -0.1) is 0 Å². The Morgan fingerprint density at radius 2 is 1.73 bits per heavy atom. The monoisotopic (exact) mass is 451 g/mol. The van der Waals surface area contributed by atoms with Gasteiger partial charge in [0.2, 0.25) is 0 Å². The standard InChI is InChI=1S/C25H33N5O3/c1-18-3-5-19(6-4-18)14-27(2)23-11-20-15-29(16-21(20)12-23)25(32)30-17-22(13-26-30)24(31)28-7-9-33-10-8-28/h3-6,13,17,20-21,23H,7-12,14-16H2,1-2H3/t20-,21+,23-. The maximum absolute atomic E-state index is 13.0. The molecule has 8 nitrogen and oxygen atoms in total. The van der Waals surface area contributed by atoms with Crippen LogP contribution in [-0.2, 0) is 11.3 Å². The van der Waals surface area contributed by atoms with Crippen LogP contribution >= 0.6 is 0 Å². The molecule has 33 heavy (non-hydrogen) atoms. The van der Waals surface area contributed by atoms with Crippen LogP contribution in [0.4, 0.5) is 4.79 Å². The molecular formula is C25H33N5O3. The van der Waals surface area contributed by atoms with E-state index in [2.05, 4.69) is 48.2 Å². The lowest BCUT2D eigenvalue weighted by molar-refractivity contribution is 0.0303. The van der Waals surface area contributed by atoms with Crippen LogP contribution < -0.4 is 0 Å². The highest BCUT2D eigenvalue weighted by molar-refractivity contribution is 5.94. The fourth-order valence-corrected chi connectivity index (χ4v) is 5.53. The lowest BCUT2D eigenvalue weighted by Gasteiger charge is -2.26. The molecule has 3 fully saturated rings. The average molecular weight is 452 g/mol. The first kappa shape index (κ1) is 22.1. The Hall–Kier alpha value is -2.71. The third-order valence-corrected chi connectivity index (χ3v) is 7.50. The lowest BCUT2D eigenvalue weighted by Crippen LogP contribution is -2.40. The number of ether oxygens (including phenoxy) is 1. The zero-order valence-corrected chi connectivity index (χ0v) is 19.5. The van der Waals surface area contributed by atoms with Crippen LogP contribution in [0.2, 0.25) is 0 Å². The first-order chi connectivity index (χ1) is 16.0. The van der Waals surface area contributed by atoms with Gasteiger partial charge >= 0.3 is 6.03 Å². The highest BCUT2D eigenvalue weighted by Gasteiger charge is 2.43. The summed E-state index contributed by atoms with van der Waals surface area (Å²) in [5.74, 6) is 0.976. The molecule has 2 aliphatic heterocycles. The number of rotatable bonds is 4. The maximum Gasteiger partial charge on any atom is 0.344 e. The van der Waals surface area contributed by atoms with Crippen molar-refractivity contribution in [2.24, 2.45) is 11.8 Å². The number of morpholine rings is 1. The normalized spacial score (nSPS) is 25.0. The van der Waals surface area contributed by atoms with Crippen LogP contribution in [0.1, 0.15) is 34.3 Å². The largest absolute Gasteiger partial charge is 0.378 e.